The first kappa shape index (κ1) is 20.3. The topological polar surface area (TPSA) is 81.9 Å². The molecule has 0 spiro atoms. The fourth-order valence-electron chi connectivity index (χ4n) is 2.38. The van der Waals surface area contributed by atoms with Crippen molar-refractivity contribution in [1.82, 2.24) is 19.7 Å². The predicted octanol–water partition coefficient (Wildman–Crippen LogP) is 3.90. The number of hydrogen-bond donors (Lipinski definition) is 1. The molecule has 1 amide bonds. The van der Waals surface area contributed by atoms with Gasteiger partial charge in [-0.15, -0.1) is 21.5 Å². The molecule has 0 radical (unpaired) electrons. The quantitative estimate of drug-likeness (QED) is 0.587. The molecular formula is C19H23N5O2S2. The van der Waals surface area contributed by atoms with E-state index in [0.717, 1.165) is 21.9 Å². The van der Waals surface area contributed by atoms with E-state index in [2.05, 4.69) is 20.5 Å². The van der Waals surface area contributed by atoms with Crippen LogP contribution in [0.2, 0.25) is 0 Å². The number of nitrogens with zero attached hydrogens (tertiary/aromatic N) is 4. The van der Waals surface area contributed by atoms with Crippen LogP contribution >= 0.6 is 23.1 Å². The first-order valence-electron chi connectivity index (χ1n) is 8.83. The SMILES string of the molecule is Cc1ccccc1OCc1nnc(S[C@H](C)C(=O)Nc2nc(C)c(C)s2)n1C. The molecule has 148 valence electrons. The number of anilines is 1. The lowest BCUT2D eigenvalue weighted by molar-refractivity contribution is -0.115. The number of carbonyl (C=O) groups excluding carboxylic acids is 1. The summed E-state index contributed by atoms with van der Waals surface area (Å²) >= 11 is 2.83. The van der Waals surface area contributed by atoms with Gasteiger partial charge in [-0.2, -0.15) is 0 Å². The number of nitrogens with one attached hydrogen (secondary N) is 1. The fourth-order valence-corrected chi connectivity index (χ4v) is 4.03. The first-order chi connectivity index (χ1) is 13.3. The Morgan fingerprint density at radius 2 is 2.04 bits per heavy atom. The molecule has 7 nitrogen and oxygen atoms in total. The van der Waals surface area contributed by atoms with Crippen molar-refractivity contribution in [2.24, 2.45) is 7.05 Å². The van der Waals surface area contributed by atoms with Gasteiger partial charge in [0.25, 0.3) is 0 Å². The molecule has 0 fully saturated rings. The second-order valence-corrected chi connectivity index (χ2v) is 8.93. The highest BCUT2D eigenvalue weighted by Gasteiger charge is 2.20. The highest BCUT2D eigenvalue weighted by atomic mass is 32.2. The molecule has 1 N–H and O–H groups in total. The summed E-state index contributed by atoms with van der Waals surface area (Å²) in [6.07, 6.45) is 0. The maximum absolute atomic E-state index is 12.5. The van der Waals surface area contributed by atoms with Crippen molar-refractivity contribution in [2.75, 3.05) is 5.32 Å². The maximum atomic E-state index is 12.5. The summed E-state index contributed by atoms with van der Waals surface area (Å²) in [5, 5.41) is 12.2. The summed E-state index contributed by atoms with van der Waals surface area (Å²) in [5.41, 5.74) is 2.00. The Morgan fingerprint density at radius 3 is 2.71 bits per heavy atom. The standard InChI is InChI=1S/C19H23N5O2S2/c1-11-8-6-7-9-15(11)26-10-16-22-23-19(24(16)5)28-14(4)17(25)21-18-20-12(2)13(3)27-18/h6-9,14H,10H2,1-5H3,(H,20,21,25)/t14-/m1/s1. The van der Waals surface area contributed by atoms with E-state index in [1.807, 2.05) is 63.6 Å². The van der Waals surface area contributed by atoms with Gasteiger partial charge in [0.15, 0.2) is 16.1 Å². The molecule has 2 heterocycles. The number of aryl methyl sites for hydroxylation is 3. The van der Waals surface area contributed by atoms with Crippen LogP contribution < -0.4 is 10.1 Å². The molecule has 0 saturated carbocycles. The summed E-state index contributed by atoms with van der Waals surface area (Å²) in [4.78, 5) is 17.9. The molecule has 0 aliphatic heterocycles. The number of para-hydroxylation sites is 1. The number of carbonyl (C=O) groups is 1. The van der Waals surface area contributed by atoms with Crippen LogP contribution in [0, 0.1) is 20.8 Å². The van der Waals surface area contributed by atoms with Gasteiger partial charge in [0, 0.05) is 11.9 Å². The molecule has 3 rings (SSSR count). The van der Waals surface area contributed by atoms with E-state index in [1.54, 1.807) is 0 Å². The molecule has 28 heavy (non-hydrogen) atoms. The van der Waals surface area contributed by atoms with Crippen molar-refractivity contribution in [2.45, 2.75) is 44.7 Å². The highest BCUT2D eigenvalue weighted by molar-refractivity contribution is 8.00. The average Bonchev–Trinajstić information content (AvgIpc) is 3.16. The lowest BCUT2D eigenvalue weighted by Gasteiger charge is -2.11. The first-order valence-corrected chi connectivity index (χ1v) is 10.5. The van der Waals surface area contributed by atoms with Crippen LogP contribution in [0.1, 0.15) is 28.9 Å². The third-order valence-corrected chi connectivity index (χ3v) is 6.41. The van der Waals surface area contributed by atoms with Crippen LogP contribution in [0.4, 0.5) is 5.13 Å². The monoisotopic (exact) mass is 417 g/mol. The van der Waals surface area contributed by atoms with E-state index in [-0.39, 0.29) is 11.2 Å². The molecule has 1 aromatic carbocycles. The van der Waals surface area contributed by atoms with Gasteiger partial charge in [0.1, 0.15) is 12.4 Å². The van der Waals surface area contributed by atoms with Gasteiger partial charge >= 0.3 is 0 Å². The molecule has 3 aromatic rings. The zero-order valence-corrected chi connectivity index (χ0v) is 18.1. The maximum Gasteiger partial charge on any atom is 0.239 e. The van der Waals surface area contributed by atoms with E-state index >= 15 is 0 Å². The van der Waals surface area contributed by atoms with E-state index in [0.29, 0.717) is 22.7 Å². The number of benzene rings is 1. The Labute approximate surface area is 172 Å². The van der Waals surface area contributed by atoms with Crippen LogP contribution in [-0.2, 0) is 18.4 Å². The second-order valence-electron chi connectivity index (χ2n) is 6.42. The van der Waals surface area contributed by atoms with Crippen molar-refractivity contribution in [3.05, 3.63) is 46.2 Å². The number of thioether (sulfide) groups is 1. The zero-order chi connectivity index (χ0) is 20.3. The minimum Gasteiger partial charge on any atom is -0.485 e. The molecule has 1 atom stereocenters. The molecule has 0 aliphatic rings. The summed E-state index contributed by atoms with van der Waals surface area (Å²) in [7, 11) is 1.87. The summed E-state index contributed by atoms with van der Waals surface area (Å²) < 4.78 is 7.69. The normalized spacial score (nSPS) is 12.0. The van der Waals surface area contributed by atoms with Crippen molar-refractivity contribution in [3.8, 4) is 5.75 Å². The van der Waals surface area contributed by atoms with Crippen LogP contribution in [0.3, 0.4) is 0 Å². The summed E-state index contributed by atoms with van der Waals surface area (Å²) in [6, 6.07) is 7.83. The largest absolute Gasteiger partial charge is 0.485 e. The number of aromatic nitrogens is 4. The van der Waals surface area contributed by atoms with Crippen LogP contribution in [0.25, 0.3) is 0 Å². The van der Waals surface area contributed by atoms with E-state index in [1.165, 1.54) is 23.1 Å². The Kier molecular flexibility index (Phi) is 6.35. The van der Waals surface area contributed by atoms with Gasteiger partial charge in [-0.05, 0) is 39.3 Å². The van der Waals surface area contributed by atoms with Gasteiger partial charge in [-0.25, -0.2) is 4.98 Å². The summed E-state index contributed by atoms with van der Waals surface area (Å²) in [5.74, 6) is 1.41. The third-order valence-electron chi connectivity index (χ3n) is 4.29. The molecule has 0 aliphatic carbocycles. The molecule has 0 saturated heterocycles. The Morgan fingerprint density at radius 1 is 1.29 bits per heavy atom. The van der Waals surface area contributed by atoms with Gasteiger partial charge in [0.05, 0.1) is 10.9 Å². The zero-order valence-electron chi connectivity index (χ0n) is 16.5. The van der Waals surface area contributed by atoms with Gasteiger partial charge < -0.3 is 14.6 Å². The molecule has 0 unspecified atom stereocenters. The average molecular weight is 418 g/mol. The summed E-state index contributed by atoms with van der Waals surface area (Å²) in [6.45, 7) is 8.07. The smallest absolute Gasteiger partial charge is 0.239 e. The predicted molar refractivity (Wildman–Crippen MR) is 112 cm³/mol. The van der Waals surface area contributed by atoms with E-state index in [4.69, 9.17) is 4.74 Å². The Balaban J connectivity index is 1.60. The second kappa shape index (κ2) is 8.74. The highest BCUT2D eigenvalue weighted by Crippen LogP contribution is 2.25. The molecular weight excluding hydrogens is 394 g/mol. The number of amides is 1. The number of hydrogen-bond acceptors (Lipinski definition) is 7. The molecule has 2 aromatic heterocycles. The minimum atomic E-state index is -0.336. The van der Waals surface area contributed by atoms with Crippen molar-refractivity contribution >= 4 is 34.1 Å². The molecule has 9 heteroatoms. The van der Waals surface area contributed by atoms with Gasteiger partial charge in [0.2, 0.25) is 5.91 Å². The Bertz CT molecular complexity index is 963. The lowest BCUT2D eigenvalue weighted by atomic mass is 10.2. The minimum absolute atomic E-state index is 0.112. The third kappa shape index (κ3) is 4.71. The van der Waals surface area contributed by atoms with E-state index in [9.17, 15) is 4.79 Å². The van der Waals surface area contributed by atoms with Crippen LogP contribution in [-0.4, -0.2) is 30.9 Å². The van der Waals surface area contributed by atoms with Crippen molar-refractivity contribution in [1.29, 1.82) is 0 Å². The lowest BCUT2D eigenvalue weighted by Crippen LogP contribution is -2.22. The number of ether oxygens (including phenoxy) is 1. The fraction of sp³-hybridized carbons (Fsp3) is 0.368. The van der Waals surface area contributed by atoms with Crippen LogP contribution in [0.15, 0.2) is 29.4 Å². The molecule has 0 bridgehead atoms. The van der Waals surface area contributed by atoms with E-state index < -0.39 is 0 Å². The van der Waals surface area contributed by atoms with Gasteiger partial charge in [-0.3, -0.25) is 4.79 Å². The van der Waals surface area contributed by atoms with Gasteiger partial charge in [-0.1, -0.05) is 30.0 Å². The number of thiazole rings is 1. The van der Waals surface area contributed by atoms with Crippen molar-refractivity contribution in [3.63, 3.8) is 0 Å². The number of rotatable bonds is 7. The van der Waals surface area contributed by atoms with Crippen molar-refractivity contribution < 1.29 is 9.53 Å². The Hall–Kier alpha value is -2.39. The van der Waals surface area contributed by atoms with Crippen LogP contribution in [0.5, 0.6) is 5.75 Å².